The topological polar surface area (TPSA) is 53.4 Å². The van der Waals surface area contributed by atoms with Crippen LogP contribution in [0.15, 0.2) is 6.20 Å². The first kappa shape index (κ1) is 11.4. The molecule has 2 heterocycles. The van der Waals surface area contributed by atoms with Gasteiger partial charge >= 0.3 is 5.97 Å². The average Bonchev–Trinajstić information content (AvgIpc) is 2.63. The molecule has 0 bridgehead atoms. The van der Waals surface area contributed by atoms with E-state index in [1.165, 1.54) is 43.2 Å². The lowest BCUT2D eigenvalue weighted by Gasteiger charge is -2.26. The second-order valence-corrected chi connectivity index (χ2v) is 5.21. The van der Waals surface area contributed by atoms with Gasteiger partial charge < -0.3 is 10.0 Å². The number of carboxylic acid groups (broad SMARTS) is 1. The third-order valence-electron chi connectivity index (χ3n) is 3.00. The third-order valence-corrected chi connectivity index (χ3v) is 4.03. The number of thiazole rings is 1. The van der Waals surface area contributed by atoms with Gasteiger partial charge in [0.1, 0.15) is 4.88 Å². The van der Waals surface area contributed by atoms with E-state index < -0.39 is 5.97 Å². The van der Waals surface area contributed by atoms with Crippen molar-refractivity contribution in [1.29, 1.82) is 0 Å². The van der Waals surface area contributed by atoms with Crippen LogP contribution in [-0.2, 0) is 0 Å². The molecule has 88 valence electrons. The van der Waals surface area contributed by atoms with Crippen LogP contribution in [-0.4, -0.2) is 28.6 Å². The van der Waals surface area contributed by atoms with Gasteiger partial charge in [-0.05, 0) is 19.8 Å². The quantitative estimate of drug-likeness (QED) is 0.863. The van der Waals surface area contributed by atoms with Gasteiger partial charge in [0.05, 0.1) is 6.20 Å². The lowest BCUT2D eigenvalue weighted by molar-refractivity contribution is 0.0702. The van der Waals surface area contributed by atoms with Crippen LogP contribution in [0.1, 0.15) is 42.3 Å². The molecule has 4 nitrogen and oxygen atoms in total. The molecule has 1 atom stereocenters. The van der Waals surface area contributed by atoms with Crippen molar-refractivity contribution < 1.29 is 9.90 Å². The van der Waals surface area contributed by atoms with Crippen molar-refractivity contribution in [1.82, 2.24) is 4.98 Å². The van der Waals surface area contributed by atoms with E-state index in [-0.39, 0.29) is 0 Å². The normalized spacial score (nSPS) is 21.8. The smallest absolute Gasteiger partial charge is 0.347 e. The first-order valence-corrected chi connectivity index (χ1v) is 6.46. The Morgan fingerprint density at radius 1 is 1.56 bits per heavy atom. The van der Waals surface area contributed by atoms with E-state index in [0.717, 1.165) is 11.7 Å². The summed E-state index contributed by atoms with van der Waals surface area (Å²) in [5.74, 6) is -0.883. The minimum atomic E-state index is -0.883. The van der Waals surface area contributed by atoms with Gasteiger partial charge in [0.15, 0.2) is 5.13 Å². The van der Waals surface area contributed by atoms with Crippen molar-refractivity contribution in [3.8, 4) is 0 Å². The van der Waals surface area contributed by atoms with Crippen LogP contribution < -0.4 is 4.90 Å². The number of nitrogens with zero attached hydrogens (tertiary/aromatic N) is 2. The Balaban J connectivity index is 2.17. The summed E-state index contributed by atoms with van der Waals surface area (Å²) in [7, 11) is 0. The molecule has 0 saturated carbocycles. The van der Waals surface area contributed by atoms with Gasteiger partial charge in [0.2, 0.25) is 0 Å². The number of carboxylic acids is 1. The zero-order valence-electron chi connectivity index (χ0n) is 9.35. The second kappa shape index (κ2) is 4.82. The molecule has 2 rings (SSSR count). The zero-order chi connectivity index (χ0) is 11.5. The van der Waals surface area contributed by atoms with E-state index >= 15 is 0 Å². The van der Waals surface area contributed by atoms with Crippen molar-refractivity contribution in [2.75, 3.05) is 11.4 Å². The second-order valence-electron chi connectivity index (χ2n) is 4.20. The molecule has 16 heavy (non-hydrogen) atoms. The summed E-state index contributed by atoms with van der Waals surface area (Å²) in [5, 5.41) is 9.72. The molecular formula is C11H16N2O2S. The standard InChI is InChI=1S/C11H16N2O2S/c1-8-5-3-2-4-6-13(8)11-12-7-9(16-11)10(14)15/h7-8H,2-6H2,1H3,(H,14,15). The zero-order valence-corrected chi connectivity index (χ0v) is 10.2. The maximum Gasteiger partial charge on any atom is 0.347 e. The van der Waals surface area contributed by atoms with Crippen LogP contribution in [0.5, 0.6) is 0 Å². The van der Waals surface area contributed by atoms with Crippen LogP contribution in [0.25, 0.3) is 0 Å². The van der Waals surface area contributed by atoms with Crippen molar-refractivity contribution in [2.24, 2.45) is 0 Å². The molecule has 0 aliphatic carbocycles. The summed E-state index contributed by atoms with van der Waals surface area (Å²) in [6.07, 6.45) is 6.32. The number of aromatic carboxylic acids is 1. The fourth-order valence-corrected chi connectivity index (χ4v) is 2.94. The lowest BCUT2D eigenvalue weighted by Crippen LogP contribution is -2.32. The molecule has 1 fully saturated rings. The Kier molecular flexibility index (Phi) is 3.43. The molecule has 1 aromatic heterocycles. The highest BCUT2D eigenvalue weighted by Crippen LogP contribution is 2.28. The fraction of sp³-hybridized carbons (Fsp3) is 0.636. The third kappa shape index (κ3) is 2.35. The lowest BCUT2D eigenvalue weighted by atomic mass is 10.1. The highest BCUT2D eigenvalue weighted by molar-refractivity contribution is 7.17. The Labute approximate surface area is 98.9 Å². The minimum absolute atomic E-state index is 0.325. The maximum atomic E-state index is 10.8. The van der Waals surface area contributed by atoms with E-state index in [2.05, 4.69) is 16.8 Å². The summed E-state index contributed by atoms with van der Waals surface area (Å²) in [5.41, 5.74) is 0. The van der Waals surface area contributed by atoms with Crippen LogP contribution in [0.2, 0.25) is 0 Å². The Bertz CT molecular complexity index is 378. The SMILES string of the molecule is CC1CCCCCN1c1ncc(C(=O)O)s1. The van der Waals surface area contributed by atoms with Crippen molar-refractivity contribution in [2.45, 2.75) is 38.6 Å². The van der Waals surface area contributed by atoms with Crippen molar-refractivity contribution in [3.63, 3.8) is 0 Å². The Morgan fingerprint density at radius 2 is 2.38 bits per heavy atom. The van der Waals surface area contributed by atoms with Crippen LogP contribution in [0, 0.1) is 0 Å². The molecule has 0 amide bonds. The van der Waals surface area contributed by atoms with E-state index in [9.17, 15) is 4.79 Å². The van der Waals surface area contributed by atoms with Crippen molar-refractivity contribution in [3.05, 3.63) is 11.1 Å². The maximum absolute atomic E-state index is 10.8. The first-order chi connectivity index (χ1) is 7.68. The minimum Gasteiger partial charge on any atom is -0.477 e. The Morgan fingerprint density at radius 3 is 3.06 bits per heavy atom. The summed E-state index contributed by atoms with van der Waals surface area (Å²) in [6, 6.07) is 0.468. The highest BCUT2D eigenvalue weighted by Gasteiger charge is 2.20. The van der Waals surface area contributed by atoms with Crippen LogP contribution >= 0.6 is 11.3 Å². The number of rotatable bonds is 2. The number of anilines is 1. The van der Waals surface area contributed by atoms with Crippen LogP contribution in [0.3, 0.4) is 0 Å². The predicted molar refractivity (Wildman–Crippen MR) is 64.3 cm³/mol. The molecule has 1 aliphatic heterocycles. The summed E-state index contributed by atoms with van der Waals surface area (Å²) in [6.45, 7) is 3.18. The average molecular weight is 240 g/mol. The number of hydrogen-bond acceptors (Lipinski definition) is 4. The predicted octanol–water partition coefficient (Wildman–Crippen LogP) is 2.61. The molecule has 1 aromatic rings. The van der Waals surface area contributed by atoms with E-state index in [0.29, 0.717) is 10.9 Å². The van der Waals surface area contributed by atoms with Crippen molar-refractivity contribution >= 4 is 22.4 Å². The number of aromatic nitrogens is 1. The Hall–Kier alpha value is -1.10. The van der Waals surface area contributed by atoms with Gasteiger partial charge in [-0.15, -0.1) is 0 Å². The molecule has 0 aromatic carbocycles. The molecule has 0 radical (unpaired) electrons. The molecule has 5 heteroatoms. The fourth-order valence-electron chi connectivity index (χ4n) is 2.06. The van der Waals surface area contributed by atoms with Gasteiger partial charge in [-0.3, -0.25) is 0 Å². The molecule has 1 unspecified atom stereocenters. The van der Waals surface area contributed by atoms with Crippen LogP contribution in [0.4, 0.5) is 5.13 Å². The number of carbonyl (C=O) groups is 1. The van der Waals surface area contributed by atoms with Gasteiger partial charge in [0.25, 0.3) is 0 Å². The van der Waals surface area contributed by atoms with E-state index in [1.807, 2.05) is 0 Å². The molecule has 1 N–H and O–H groups in total. The monoisotopic (exact) mass is 240 g/mol. The largest absolute Gasteiger partial charge is 0.477 e. The summed E-state index contributed by atoms with van der Waals surface area (Å²) in [4.78, 5) is 17.6. The number of hydrogen-bond donors (Lipinski definition) is 1. The van der Waals surface area contributed by atoms with Gasteiger partial charge in [-0.1, -0.05) is 24.2 Å². The van der Waals surface area contributed by atoms with Gasteiger partial charge in [-0.2, -0.15) is 0 Å². The molecule has 1 saturated heterocycles. The summed E-state index contributed by atoms with van der Waals surface area (Å²) >= 11 is 1.28. The van der Waals surface area contributed by atoms with Gasteiger partial charge in [-0.25, -0.2) is 9.78 Å². The highest BCUT2D eigenvalue weighted by atomic mass is 32.1. The van der Waals surface area contributed by atoms with E-state index in [1.54, 1.807) is 0 Å². The molecular weight excluding hydrogens is 224 g/mol. The van der Waals surface area contributed by atoms with E-state index in [4.69, 9.17) is 5.11 Å². The molecule has 0 spiro atoms. The van der Waals surface area contributed by atoms with Gasteiger partial charge in [0, 0.05) is 12.6 Å². The molecule has 1 aliphatic rings. The summed E-state index contributed by atoms with van der Waals surface area (Å²) < 4.78 is 0. The first-order valence-electron chi connectivity index (χ1n) is 5.64.